The number of ether oxygens (including phenoxy) is 1. The summed E-state index contributed by atoms with van der Waals surface area (Å²) in [5, 5.41) is 21.5. The zero-order chi connectivity index (χ0) is 39.3. The molecule has 1 unspecified atom stereocenters. The number of phenolic OH excluding ortho intramolecular Hbond substituents is 1. The van der Waals surface area contributed by atoms with Gasteiger partial charge in [0.1, 0.15) is 24.1 Å². The third kappa shape index (κ3) is 6.84. The standard InChI is InChI=1S/C44H52N10O4/c45-42-38(24-35(49-50-42)33-4-1-2-7-39(33)55)52-25-30-12-13-31(26-52)54(30)44-46-19-16-34(47-44)28-17-20-51(21-18-28)29-10-8-27(9-11-29)32-5-3-6-36-41(32)58-23-22-53(36)37-14-15-40(56)48-43(37)57/h1-7,16,19,24,27-31,37,55H,8-15,17-18,20-23,25-26H2,(H2,45,50)(H,48,56,57)/t27?,29?,30-,31+,37?. The minimum absolute atomic E-state index is 0.170. The van der Waals surface area contributed by atoms with Crippen molar-refractivity contribution in [2.75, 3.05) is 59.8 Å². The Kier molecular flexibility index (Phi) is 9.74. The molecular formula is C44H52N10O4. The fourth-order valence-electron chi connectivity index (χ4n) is 10.8. The molecule has 2 aromatic carbocycles. The van der Waals surface area contributed by atoms with E-state index < -0.39 is 0 Å². The van der Waals surface area contributed by atoms with Gasteiger partial charge in [0, 0.05) is 61.0 Å². The molecule has 2 aromatic heterocycles. The van der Waals surface area contributed by atoms with Gasteiger partial charge in [-0.15, -0.1) is 10.2 Å². The normalized spacial score (nSPS) is 26.6. The van der Waals surface area contributed by atoms with Crippen LogP contribution in [0, 0.1) is 0 Å². The minimum Gasteiger partial charge on any atom is -0.507 e. The van der Waals surface area contributed by atoms with E-state index in [1.54, 1.807) is 12.1 Å². The van der Waals surface area contributed by atoms with E-state index in [0.29, 0.717) is 60.9 Å². The lowest BCUT2D eigenvalue weighted by atomic mass is 9.79. The average Bonchev–Trinajstić information content (AvgIpc) is 3.52. The number of amides is 2. The van der Waals surface area contributed by atoms with Gasteiger partial charge >= 0.3 is 0 Å². The number of hydrogen-bond donors (Lipinski definition) is 3. The molecule has 4 N–H and O–H groups in total. The molecule has 7 heterocycles. The summed E-state index contributed by atoms with van der Waals surface area (Å²) < 4.78 is 6.31. The predicted molar refractivity (Wildman–Crippen MR) is 221 cm³/mol. The number of nitrogens with two attached hydrogens (primary N) is 1. The van der Waals surface area contributed by atoms with Crippen LogP contribution in [-0.2, 0) is 9.59 Å². The highest BCUT2D eigenvalue weighted by Gasteiger charge is 2.43. The largest absolute Gasteiger partial charge is 0.507 e. The van der Waals surface area contributed by atoms with E-state index in [1.807, 2.05) is 24.4 Å². The minimum atomic E-state index is -0.335. The molecule has 14 heteroatoms. The Balaban J connectivity index is 0.753. The van der Waals surface area contributed by atoms with Crippen molar-refractivity contribution in [2.45, 2.75) is 100 Å². The first-order valence-corrected chi connectivity index (χ1v) is 21.3. The van der Waals surface area contributed by atoms with Gasteiger partial charge in [-0.3, -0.25) is 14.9 Å². The molecule has 2 bridgehead atoms. The van der Waals surface area contributed by atoms with Gasteiger partial charge in [0.25, 0.3) is 0 Å². The summed E-state index contributed by atoms with van der Waals surface area (Å²) in [7, 11) is 0. The molecule has 10 rings (SSSR count). The first kappa shape index (κ1) is 36.8. The number of fused-ring (bicyclic) bond motifs is 3. The first-order chi connectivity index (χ1) is 28.4. The summed E-state index contributed by atoms with van der Waals surface area (Å²) in [6.45, 7) is 4.94. The van der Waals surface area contributed by atoms with Crippen LogP contribution in [0.4, 0.5) is 23.1 Å². The van der Waals surface area contributed by atoms with Gasteiger partial charge in [-0.1, -0.05) is 24.3 Å². The third-order valence-electron chi connectivity index (χ3n) is 13.8. The maximum absolute atomic E-state index is 12.8. The summed E-state index contributed by atoms with van der Waals surface area (Å²) in [6, 6.07) is 18.4. The average molecular weight is 785 g/mol. The van der Waals surface area contributed by atoms with E-state index in [0.717, 1.165) is 93.5 Å². The van der Waals surface area contributed by atoms with Crippen molar-refractivity contribution < 1.29 is 19.4 Å². The number of likely N-dealkylation sites (tertiary alicyclic amines) is 1. The molecule has 5 aliphatic heterocycles. The van der Waals surface area contributed by atoms with Gasteiger partial charge in [-0.2, -0.15) is 0 Å². The maximum Gasteiger partial charge on any atom is 0.249 e. The highest BCUT2D eigenvalue weighted by Crippen LogP contribution is 2.46. The van der Waals surface area contributed by atoms with Crippen molar-refractivity contribution in [1.29, 1.82) is 0 Å². The molecule has 14 nitrogen and oxygen atoms in total. The Hall–Kier alpha value is -5.50. The molecular weight excluding hydrogens is 733 g/mol. The maximum atomic E-state index is 12.8. The number of phenols is 1. The molecule has 302 valence electrons. The Morgan fingerprint density at radius 2 is 1.57 bits per heavy atom. The number of benzene rings is 2. The highest BCUT2D eigenvalue weighted by atomic mass is 16.5. The molecule has 0 spiro atoms. The predicted octanol–water partition coefficient (Wildman–Crippen LogP) is 4.99. The lowest BCUT2D eigenvalue weighted by Gasteiger charge is -2.43. The second kappa shape index (κ2) is 15.3. The Morgan fingerprint density at radius 1 is 0.793 bits per heavy atom. The molecule has 1 saturated carbocycles. The van der Waals surface area contributed by atoms with Gasteiger partial charge in [-0.05, 0) is 113 Å². The van der Waals surface area contributed by atoms with Crippen LogP contribution < -0.4 is 30.5 Å². The van der Waals surface area contributed by atoms with Crippen molar-refractivity contribution in [1.82, 2.24) is 30.4 Å². The summed E-state index contributed by atoms with van der Waals surface area (Å²) >= 11 is 0. The zero-order valence-electron chi connectivity index (χ0n) is 32.9. The summed E-state index contributed by atoms with van der Waals surface area (Å²) in [6.07, 6.45) is 11.8. The number of piperidine rings is 2. The number of nitrogen functional groups attached to an aromatic ring is 1. The number of nitrogens with zero attached hydrogens (tertiary/aromatic N) is 8. The monoisotopic (exact) mass is 784 g/mol. The van der Waals surface area contributed by atoms with Gasteiger partial charge in [0.15, 0.2) is 5.82 Å². The SMILES string of the molecule is Nc1nnc(-c2ccccc2O)cc1N1C[C@H]2CC[C@@H](C1)N2c1nccc(C2CCN(C3CCC(c4cccc5c4OCCN5C4CCC(=O)NC4=O)CC3)CC2)n1. The van der Waals surface area contributed by atoms with E-state index in [4.69, 9.17) is 20.4 Å². The van der Waals surface area contributed by atoms with Crippen molar-refractivity contribution in [3.05, 3.63) is 72.1 Å². The summed E-state index contributed by atoms with van der Waals surface area (Å²) in [4.78, 5) is 44.3. The van der Waals surface area contributed by atoms with E-state index in [1.165, 1.54) is 18.4 Å². The van der Waals surface area contributed by atoms with Crippen LogP contribution in [0.25, 0.3) is 11.3 Å². The number of para-hydroxylation sites is 2. The van der Waals surface area contributed by atoms with Crippen LogP contribution in [0.2, 0.25) is 0 Å². The molecule has 58 heavy (non-hydrogen) atoms. The van der Waals surface area contributed by atoms with Crippen LogP contribution in [-0.4, -0.2) is 105 Å². The Labute approximate surface area is 338 Å². The Bertz CT molecular complexity index is 2170. The number of aromatic nitrogens is 4. The second-order valence-electron chi connectivity index (χ2n) is 17.0. The lowest BCUT2D eigenvalue weighted by molar-refractivity contribution is -0.134. The van der Waals surface area contributed by atoms with Crippen molar-refractivity contribution in [3.8, 4) is 22.8 Å². The summed E-state index contributed by atoms with van der Waals surface area (Å²) in [5.41, 5.74) is 11.9. The second-order valence-corrected chi connectivity index (χ2v) is 17.0. The number of rotatable bonds is 7. The van der Waals surface area contributed by atoms with Crippen LogP contribution in [0.15, 0.2) is 60.8 Å². The number of anilines is 4. The molecule has 6 aliphatic rings. The van der Waals surface area contributed by atoms with Crippen molar-refractivity contribution in [2.24, 2.45) is 0 Å². The van der Waals surface area contributed by atoms with Crippen molar-refractivity contribution >= 4 is 35.0 Å². The molecule has 5 fully saturated rings. The van der Waals surface area contributed by atoms with E-state index >= 15 is 0 Å². The molecule has 1 aliphatic carbocycles. The number of hydrogen-bond acceptors (Lipinski definition) is 13. The van der Waals surface area contributed by atoms with Gasteiger partial charge in [0.05, 0.1) is 23.6 Å². The summed E-state index contributed by atoms with van der Waals surface area (Å²) in [5.74, 6) is 2.80. The highest BCUT2D eigenvalue weighted by molar-refractivity contribution is 6.02. The van der Waals surface area contributed by atoms with E-state index in [9.17, 15) is 14.7 Å². The van der Waals surface area contributed by atoms with Crippen LogP contribution in [0.1, 0.15) is 87.3 Å². The fourth-order valence-corrected chi connectivity index (χ4v) is 10.8. The molecule has 4 saturated heterocycles. The number of carbonyl (C=O) groups is 2. The Morgan fingerprint density at radius 3 is 2.34 bits per heavy atom. The van der Waals surface area contributed by atoms with Gasteiger partial charge in [0.2, 0.25) is 17.8 Å². The van der Waals surface area contributed by atoms with Crippen LogP contribution >= 0.6 is 0 Å². The van der Waals surface area contributed by atoms with E-state index in [-0.39, 0.29) is 35.7 Å². The van der Waals surface area contributed by atoms with Gasteiger partial charge in [-0.25, -0.2) is 9.97 Å². The topological polar surface area (TPSA) is 166 Å². The number of nitrogens with one attached hydrogen (secondary N) is 1. The van der Waals surface area contributed by atoms with Gasteiger partial charge < -0.3 is 35.2 Å². The molecule has 0 radical (unpaired) electrons. The van der Waals surface area contributed by atoms with Crippen LogP contribution in [0.5, 0.6) is 11.5 Å². The number of aromatic hydroxyl groups is 1. The number of piperazine rings is 1. The third-order valence-corrected chi connectivity index (χ3v) is 13.8. The quantitative estimate of drug-likeness (QED) is 0.215. The fraction of sp³-hybridized carbons (Fsp3) is 0.500. The zero-order valence-corrected chi connectivity index (χ0v) is 32.9. The number of carbonyl (C=O) groups excluding carboxylic acids is 2. The van der Waals surface area contributed by atoms with Crippen LogP contribution in [0.3, 0.4) is 0 Å². The molecule has 3 atom stereocenters. The van der Waals surface area contributed by atoms with Crippen molar-refractivity contribution in [3.63, 3.8) is 0 Å². The van der Waals surface area contributed by atoms with E-state index in [2.05, 4.69) is 59.4 Å². The molecule has 2 amide bonds. The number of imide groups is 1. The smallest absolute Gasteiger partial charge is 0.249 e. The lowest BCUT2D eigenvalue weighted by Crippen LogP contribution is -2.54. The molecule has 4 aromatic rings. The first-order valence-electron chi connectivity index (χ1n) is 21.3.